The molecule has 0 amide bonds. The molecule has 0 aliphatic carbocycles. The molecule has 0 bridgehead atoms. The molecule has 0 saturated heterocycles. The third-order valence-corrected chi connectivity index (χ3v) is 3.79. The molecule has 7 heteroatoms. The average molecular weight is 279 g/mol. The van der Waals surface area contributed by atoms with E-state index in [1.165, 1.54) is 31.6 Å². The number of hydrogen-bond donors (Lipinski definition) is 2. The molecule has 19 heavy (non-hydrogen) atoms. The first kappa shape index (κ1) is 13.2. The summed E-state index contributed by atoms with van der Waals surface area (Å²) in [5.74, 6) is 0.490. The number of rotatable bonds is 4. The molecule has 0 fully saturated rings. The van der Waals surface area contributed by atoms with Gasteiger partial charge in [-0.2, -0.15) is 0 Å². The number of anilines is 2. The molecule has 3 N–H and O–H groups in total. The number of nitrogens with two attached hydrogens (primary N) is 1. The topological polar surface area (TPSA) is 94.3 Å². The summed E-state index contributed by atoms with van der Waals surface area (Å²) < 4.78 is 31.5. The van der Waals surface area contributed by atoms with Gasteiger partial charge in [0.05, 0.1) is 18.5 Å². The Kier molecular flexibility index (Phi) is 3.57. The molecule has 0 aliphatic heterocycles. The van der Waals surface area contributed by atoms with Gasteiger partial charge in [-0.25, -0.2) is 8.42 Å². The van der Waals surface area contributed by atoms with Crippen molar-refractivity contribution in [2.45, 2.75) is 4.90 Å². The molecule has 2 rings (SSSR count). The maximum absolute atomic E-state index is 12.0. The predicted molar refractivity (Wildman–Crippen MR) is 72.5 cm³/mol. The highest BCUT2D eigenvalue weighted by molar-refractivity contribution is 7.92. The molecular formula is C12H13N3O3S. The minimum atomic E-state index is -3.66. The van der Waals surface area contributed by atoms with E-state index in [4.69, 9.17) is 10.5 Å². The van der Waals surface area contributed by atoms with E-state index in [2.05, 4.69) is 9.71 Å². The largest absolute Gasteiger partial charge is 0.495 e. The van der Waals surface area contributed by atoms with E-state index in [1.807, 2.05) is 0 Å². The Balaban J connectivity index is 2.29. The summed E-state index contributed by atoms with van der Waals surface area (Å²) in [4.78, 5) is 3.86. The lowest BCUT2D eigenvalue weighted by molar-refractivity contribution is 0.417. The summed E-state index contributed by atoms with van der Waals surface area (Å²) in [5, 5.41) is 0. The highest BCUT2D eigenvalue weighted by atomic mass is 32.2. The molecule has 100 valence electrons. The van der Waals surface area contributed by atoms with Crippen molar-refractivity contribution in [2.24, 2.45) is 0 Å². The van der Waals surface area contributed by atoms with Gasteiger partial charge in [-0.3, -0.25) is 9.71 Å². The quantitative estimate of drug-likeness (QED) is 0.826. The van der Waals surface area contributed by atoms with E-state index in [0.29, 0.717) is 17.1 Å². The van der Waals surface area contributed by atoms with Gasteiger partial charge in [-0.05, 0) is 30.3 Å². The number of pyridine rings is 1. The molecule has 2 aromatic rings. The Bertz CT molecular complexity index is 672. The van der Waals surface area contributed by atoms with Crippen LogP contribution in [0.5, 0.6) is 5.75 Å². The second-order valence-electron chi connectivity index (χ2n) is 3.75. The van der Waals surface area contributed by atoms with Gasteiger partial charge in [0.2, 0.25) is 0 Å². The van der Waals surface area contributed by atoms with Crippen molar-refractivity contribution >= 4 is 21.4 Å². The number of nitrogens with one attached hydrogen (secondary N) is 1. The second-order valence-corrected chi connectivity index (χ2v) is 5.43. The van der Waals surface area contributed by atoms with E-state index in [9.17, 15) is 8.42 Å². The van der Waals surface area contributed by atoms with Crippen LogP contribution in [0, 0.1) is 0 Å². The van der Waals surface area contributed by atoms with E-state index in [-0.39, 0.29) is 4.90 Å². The lowest BCUT2D eigenvalue weighted by Crippen LogP contribution is -2.13. The highest BCUT2D eigenvalue weighted by Gasteiger charge is 2.14. The summed E-state index contributed by atoms with van der Waals surface area (Å²) >= 11 is 0. The number of aromatic nitrogens is 1. The lowest BCUT2D eigenvalue weighted by Gasteiger charge is -2.10. The van der Waals surface area contributed by atoms with Crippen LogP contribution in [0.2, 0.25) is 0 Å². The molecular weight excluding hydrogens is 266 g/mol. The molecule has 0 spiro atoms. The fourth-order valence-electron chi connectivity index (χ4n) is 1.52. The Labute approximate surface area is 111 Å². The standard InChI is InChI=1S/C12H13N3O3S/c1-18-12-5-4-9(7-11(12)13)15-19(16,17)10-3-2-6-14-8-10/h2-8,15H,13H2,1H3. The smallest absolute Gasteiger partial charge is 0.263 e. The van der Waals surface area contributed by atoms with Gasteiger partial charge in [0.25, 0.3) is 10.0 Å². The number of methoxy groups -OCH3 is 1. The molecule has 0 radical (unpaired) electrons. The van der Waals surface area contributed by atoms with E-state index in [0.717, 1.165) is 0 Å². The molecule has 0 unspecified atom stereocenters. The number of ether oxygens (including phenoxy) is 1. The maximum Gasteiger partial charge on any atom is 0.263 e. The first-order valence-corrected chi connectivity index (χ1v) is 6.87. The maximum atomic E-state index is 12.0. The van der Waals surface area contributed by atoms with Crippen LogP contribution in [0.15, 0.2) is 47.6 Å². The Hall–Kier alpha value is -2.28. The molecule has 0 saturated carbocycles. The van der Waals surface area contributed by atoms with Crippen molar-refractivity contribution in [2.75, 3.05) is 17.6 Å². The molecule has 0 aliphatic rings. The molecule has 1 aromatic heterocycles. The van der Waals surface area contributed by atoms with E-state index in [1.54, 1.807) is 18.2 Å². The van der Waals surface area contributed by atoms with Gasteiger partial charge in [-0.15, -0.1) is 0 Å². The van der Waals surface area contributed by atoms with Crippen LogP contribution >= 0.6 is 0 Å². The summed E-state index contributed by atoms with van der Waals surface area (Å²) in [7, 11) is -2.17. The SMILES string of the molecule is COc1ccc(NS(=O)(=O)c2cccnc2)cc1N. The minimum Gasteiger partial charge on any atom is -0.495 e. The summed E-state index contributed by atoms with van der Waals surface area (Å²) in [6.07, 6.45) is 2.78. The zero-order valence-corrected chi connectivity index (χ0v) is 11.0. The van der Waals surface area contributed by atoms with Crippen molar-refractivity contribution in [3.63, 3.8) is 0 Å². The lowest BCUT2D eigenvalue weighted by atomic mass is 10.2. The molecule has 1 aromatic carbocycles. The van der Waals surface area contributed by atoms with Gasteiger partial charge < -0.3 is 10.5 Å². The normalized spacial score (nSPS) is 11.0. The zero-order chi connectivity index (χ0) is 13.9. The van der Waals surface area contributed by atoms with E-state index >= 15 is 0 Å². The van der Waals surface area contributed by atoms with Gasteiger partial charge in [-0.1, -0.05) is 0 Å². The van der Waals surface area contributed by atoms with Crippen LogP contribution in [0.25, 0.3) is 0 Å². The van der Waals surface area contributed by atoms with Crippen LogP contribution in [0.4, 0.5) is 11.4 Å². The Morgan fingerprint density at radius 1 is 1.32 bits per heavy atom. The summed E-state index contributed by atoms with van der Waals surface area (Å²) in [6.45, 7) is 0. The van der Waals surface area contributed by atoms with Crippen LogP contribution in [-0.2, 0) is 10.0 Å². The average Bonchev–Trinajstić information content (AvgIpc) is 2.39. The zero-order valence-electron chi connectivity index (χ0n) is 10.2. The molecule has 6 nitrogen and oxygen atoms in total. The first-order valence-electron chi connectivity index (χ1n) is 5.39. The molecule has 0 atom stereocenters. The summed E-state index contributed by atoms with van der Waals surface area (Å²) in [6, 6.07) is 7.67. The van der Waals surface area contributed by atoms with Crippen LogP contribution < -0.4 is 15.2 Å². The fourth-order valence-corrected chi connectivity index (χ4v) is 2.53. The highest BCUT2D eigenvalue weighted by Crippen LogP contribution is 2.25. The number of nitrogen functional groups attached to an aromatic ring is 1. The summed E-state index contributed by atoms with van der Waals surface area (Å²) in [5.41, 5.74) is 6.44. The van der Waals surface area contributed by atoms with Crippen molar-refractivity contribution < 1.29 is 13.2 Å². The monoisotopic (exact) mass is 279 g/mol. The van der Waals surface area contributed by atoms with Crippen molar-refractivity contribution in [1.29, 1.82) is 0 Å². The predicted octanol–water partition coefficient (Wildman–Crippen LogP) is 1.47. The third kappa shape index (κ3) is 2.94. The van der Waals surface area contributed by atoms with Crippen molar-refractivity contribution in [3.05, 3.63) is 42.7 Å². The van der Waals surface area contributed by atoms with Crippen LogP contribution in [0.3, 0.4) is 0 Å². The minimum absolute atomic E-state index is 0.0874. The fraction of sp³-hybridized carbons (Fsp3) is 0.0833. The van der Waals surface area contributed by atoms with Gasteiger partial charge >= 0.3 is 0 Å². The first-order chi connectivity index (χ1) is 9.03. The molecule has 1 heterocycles. The Morgan fingerprint density at radius 3 is 2.68 bits per heavy atom. The van der Waals surface area contributed by atoms with Crippen LogP contribution in [-0.4, -0.2) is 20.5 Å². The third-order valence-electron chi connectivity index (χ3n) is 2.43. The number of benzene rings is 1. The van der Waals surface area contributed by atoms with Crippen molar-refractivity contribution in [1.82, 2.24) is 4.98 Å². The van der Waals surface area contributed by atoms with Gasteiger partial charge in [0.1, 0.15) is 10.6 Å². The van der Waals surface area contributed by atoms with Gasteiger partial charge in [0.15, 0.2) is 0 Å². The number of sulfonamides is 1. The van der Waals surface area contributed by atoms with Gasteiger partial charge in [0, 0.05) is 12.4 Å². The second kappa shape index (κ2) is 5.15. The van der Waals surface area contributed by atoms with Crippen LogP contribution in [0.1, 0.15) is 0 Å². The number of hydrogen-bond acceptors (Lipinski definition) is 5. The van der Waals surface area contributed by atoms with Crippen molar-refractivity contribution in [3.8, 4) is 5.75 Å². The van der Waals surface area contributed by atoms with E-state index < -0.39 is 10.0 Å². The Morgan fingerprint density at radius 2 is 2.11 bits per heavy atom. The number of nitrogens with zero attached hydrogens (tertiary/aromatic N) is 1.